The minimum atomic E-state index is 1.01. The number of aryl methyl sites for hydroxylation is 1. The van der Waals surface area contributed by atoms with E-state index >= 15 is 0 Å². The molecule has 2 aromatic carbocycles. The fourth-order valence-corrected chi connectivity index (χ4v) is 4.26. The van der Waals surface area contributed by atoms with E-state index in [1.54, 1.807) is 0 Å². The number of rotatable bonds is 5. The summed E-state index contributed by atoms with van der Waals surface area (Å²) < 4.78 is 0. The highest BCUT2D eigenvalue weighted by atomic mass is 15.1. The van der Waals surface area contributed by atoms with E-state index in [0.717, 1.165) is 18.4 Å². The summed E-state index contributed by atoms with van der Waals surface area (Å²) in [6.07, 6.45) is 8.48. The molecule has 0 N–H and O–H groups in total. The van der Waals surface area contributed by atoms with E-state index in [-0.39, 0.29) is 0 Å². The van der Waals surface area contributed by atoms with Crippen LogP contribution in [0.4, 0.5) is 0 Å². The van der Waals surface area contributed by atoms with Gasteiger partial charge in [0.15, 0.2) is 0 Å². The van der Waals surface area contributed by atoms with Gasteiger partial charge in [-0.15, -0.1) is 0 Å². The number of likely N-dealkylation sites (tertiary alicyclic amines) is 1. The van der Waals surface area contributed by atoms with Gasteiger partial charge >= 0.3 is 0 Å². The molecule has 0 unspecified atom stereocenters. The number of benzene rings is 2. The molecular formula is C24H27N. The predicted octanol–water partition coefficient (Wildman–Crippen LogP) is 5.37. The summed E-state index contributed by atoms with van der Waals surface area (Å²) >= 11 is 0. The van der Waals surface area contributed by atoms with E-state index in [2.05, 4.69) is 66.1 Å². The maximum Gasteiger partial charge on any atom is -0.00134 e. The summed E-state index contributed by atoms with van der Waals surface area (Å²) in [6.45, 7) is 8.12. The van der Waals surface area contributed by atoms with Gasteiger partial charge in [-0.25, -0.2) is 0 Å². The zero-order valence-corrected chi connectivity index (χ0v) is 15.0. The molecule has 25 heavy (non-hydrogen) atoms. The van der Waals surface area contributed by atoms with Crippen molar-refractivity contribution in [2.45, 2.75) is 32.1 Å². The van der Waals surface area contributed by atoms with E-state index in [0.29, 0.717) is 0 Å². The highest BCUT2D eigenvalue weighted by Crippen LogP contribution is 2.34. The van der Waals surface area contributed by atoms with Gasteiger partial charge in [0.05, 0.1) is 0 Å². The van der Waals surface area contributed by atoms with Crippen molar-refractivity contribution in [3.63, 3.8) is 0 Å². The summed E-state index contributed by atoms with van der Waals surface area (Å²) in [6, 6.07) is 17.6. The number of fused-ring (bicyclic) bond motifs is 1. The van der Waals surface area contributed by atoms with Gasteiger partial charge in [-0.05, 0) is 85.1 Å². The molecular weight excluding hydrogens is 302 g/mol. The van der Waals surface area contributed by atoms with E-state index in [9.17, 15) is 0 Å². The maximum absolute atomic E-state index is 4.29. The summed E-state index contributed by atoms with van der Waals surface area (Å²) in [7, 11) is 0. The van der Waals surface area contributed by atoms with Crippen LogP contribution in [0.3, 0.4) is 0 Å². The van der Waals surface area contributed by atoms with E-state index in [4.69, 9.17) is 0 Å². The van der Waals surface area contributed by atoms with Crippen molar-refractivity contribution in [2.24, 2.45) is 0 Å². The zero-order chi connectivity index (χ0) is 17.1. The van der Waals surface area contributed by atoms with Crippen LogP contribution in [-0.2, 0) is 12.8 Å². The van der Waals surface area contributed by atoms with Gasteiger partial charge in [0, 0.05) is 0 Å². The van der Waals surface area contributed by atoms with Gasteiger partial charge < -0.3 is 4.90 Å². The van der Waals surface area contributed by atoms with Gasteiger partial charge in [-0.2, -0.15) is 0 Å². The Hall–Kier alpha value is -2.12. The molecule has 1 aliphatic heterocycles. The first kappa shape index (κ1) is 16.4. The predicted molar refractivity (Wildman–Crippen MR) is 108 cm³/mol. The number of nitrogens with zero attached hydrogens (tertiary/aromatic N) is 1. The lowest BCUT2D eigenvalue weighted by Gasteiger charge is -2.21. The second-order valence-corrected chi connectivity index (χ2v) is 7.34. The highest BCUT2D eigenvalue weighted by molar-refractivity contribution is 5.89. The van der Waals surface area contributed by atoms with E-state index in [1.165, 1.54) is 66.7 Å². The Balaban J connectivity index is 1.52. The van der Waals surface area contributed by atoms with Crippen LogP contribution in [-0.4, -0.2) is 24.5 Å². The van der Waals surface area contributed by atoms with Crippen LogP contribution < -0.4 is 0 Å². The molecule has 0 saturated carbocycles. The molecule has 2 aromatic rings. The third kappa shape index (κ3) is 3.62. The summed E-state index contributed by atoms with van der Waals surface area (Å²) in [5.74, 6) is 0. The van der Waals surface area contributed by atoms with Gasteiger partial charge in [0.1, 0.15) is 0 Å². The Kier molecular flexibility index (Phi) is 4.85. The van der Waals surface area contributed by atoms with Crippen LogP contribution in [0.2, 0.25) is 0 Å². The first-order valence-electron chi connectivity index (χ1n) is 9.59. The van der Waals surface area contributed by atoms with Crippen LogP contribution in [0.1, 0.15) is 41.5 Å². The molecule has 1 nitrogen and oxygen atoms in total. The molecule has 1 saturated heterocycles. The second kappa shape index (κ2) is 7.41. The molecule has 128 valence electrons. The van der Waals surface area contributed by atoms with Gasteiger partial charge in [-0.3, -0.25) is 0 Å². The van der Waals surface area contributed by atoms with Gasteiger partial charge in [0.2, 0.25) is 0 Å². The number of allylic oxidation sites excluding steroid dienone is 3. The third-order valence-corrected chi connectivity index (χ3v) is 5.58. The third-order valence-electron chi connectivity index (χ3n) is 5.58. The maximum atomic E-state index is 4.29. The fourth-order valence-electron chi connectivity index (χ4n) is 4.26. The topological polar surface area (TPSA) is 3.24 Å². The Morgan fingerprint density at radius 1 is 0.880 bits per heavy atom. The molecule has 0 aromatic heterocycles. The highest BCUT2D eigenvalue weighted by Gasteiger charge is 2.17. The van der Waals surface area contributed by atoms with Crippen molar-refractivity contribution in [2.75, 3.05) is 19.6 Å². The summed E-state index contributed by atoms with van der Waals surface area (Å²) in [5.41, 5.74) is 8.17. The number of hydrogen-bond acceptors (Lipinski definition) is 1. The van der Waals surface area contributed by atoms with Crippen LogP contribution in [0.5, 0.6) is 0 Å². The molecule has 0 spiro atoms. The fraction of sp³-hybridized carbons (Fsp3) is 0.333. The second-order valence-electron chi connectivity index (χ2n) is 7.34. The first-order chi connectivity index (χ1) is 12.3. The van der Waals surface area contributed by atoms with Crippen molar-refractivity contribution in [1.29, 1.82) is 0 Å². The molecule has 1 fully saturated rings. The molecule has 1 heterocycles. The Morgan fingerprint density at radius 3 is 2.44 bits per heavy atom. The standard InChI is InChI=1S/C24H27N/c1-19-17-22(18-21-10-3-4-12-23(19)21)24-13-5-2-9-20(24)11-8-16-25-14-6-7-15-25/h2-5,9-10,12-13,17H,1,6-8,11,14-16,18H2. The largest absolute Gasteiger partial charge is 0.303 e. The lowest BCUT2D eigenvalue weighted by Crippen LogP contribution is -2.20. The smallest absolute Gasteiger partial charge is 0.00134 e. The van der Waals surface area contributed by atoms with E-state index in [1.807, 2.05) is 0 Å². The van der Waals surface area contributed by atoms with Crippen LogP contribution in [0, 0.1) is 0 Å². The van der Waals surface area contributed by atoms with Crippen LogP contribution in [0.15, 0.2) is 61.2 Å². The molecule has 0 atom stereocenters. The van der Waals surface area contributed by atoms with Gasteiger partial charge in [0.25, 0.3) is 0 Å². The Morgan fingerprint density at radius 2 is 1.60 bits per heavy atom. The van der Waals surface area contributed by atoms with Crippen molar-refractivity contribution < 1.29 is 0 Å². The molecule has 1 aliphatic carbocycles. The van der Waals surface area contributed by atoms with Crippen LogP contribution >= 0.6 is 0 Å². The van der Waals surface area contributed by atoms with Crippen LogP contribution in [0.25, 0.3) is 11.1 Å². The molecule has 0 bridgehead atoms. The summed E-state index contributed by atoms with van der Waals surface area (Å²) in [4.78, 5) is 2.61. The zero-order valence-electron chi connectivity index (χ0n) is 15.0. The average molecular weight is 329 g/mol. The monoisotopic (exact) mass is 329 g/mol. The van der Waals surface area contributed by atoms with Crippen molar-refractivity contribution in [3.8, 4) is 0 Å². The SMILES string of the molecule is C=C1C=C(c2ccccc2CCCN2CCCC2)Cc2ccccc21. The van der Waals surface area contributed by atoms with Gasteiger partial charge in [-0.1, -0.05) is 61.2 Å². The normalized spacial score (nSPS) is 17.4. The lowest BCUT2D eigenvalue weighted by atomic mass is 9.84. The van der Waals surface area contributed by atoms with Crippen molar-refractivity contribution >= 4 is 11.1 Å². The minimum absolute atomic E-state index is 1.01. The number of hydrogen-bond donors (Lipinski definition) is 0. The molecule has 1 heteroatoms. The average Bonchev–Trinajstić information content (AvgIpc) is 3.16. The molecule has 2 aliphatic rings. The van der Waals surface area contributed by atoms with Crippen molar-refractivity contribution in [3.05, 3.63) is 83.4 Å². The Bertz CT molecular complexity index is 793. The molecule has 4 rings (SSSR count). The summed E-state index contributed by atoms with van der Waals surface area (Å²) in [5, 5.41) is 0. The minimum Gasteiger partial charge on any atom is -0.303 e. The van der Waals surface area contributed by atoms with E-state index < -0.39 is 0 Å². The first-order valence-corrected chi connectivity index (χ1v) is 9.59. The Labute approximate surface area is 151 Å². The molecule has 0 amide bonds. The van der Waals surface area contributed by atoms with Crippen molar-refractivity contribution in [1.82, 2.24) is 4.90 Å². The quantitative estimate of drug-likeness (QED) is 0.713. The molecule has 0 radical (unpaired) electrons. The lowest BCUT2D eigenvalue weighted by molar-refractivity contribution is 0.334.